The number of aliphatic carboxylic acids is 2. The molecule has 0 aliphatic heterocycles. The summed E-state index contributed by atoms with van der Waals surface area (Å²) in [6, 6.07) is 9.62. The van der Waals surface area contributed by atoms with Crippen LogP contribution in [0.4, 0.5) is 4.39 Å². The zero-order chi connectivity index (χ0) is 20.7. The first-order valence-electron chi connectivity index (χ1n) is 8.55. The van der Waals surface area contributed by atoms with Gasteiger partial charge in [0.1, 0.15) is 11.6 Å². The molecular weight excluding hydrogens is 369 g/mol. The molecule has 0 saturated carbocycles. The predicted octanol–water partition coefficient (Wildman–Crippen LogP) is 2.57. The number of carbonyl (C=O) groups excluding carboxylic acids is 1. The summed E-state index contributed by atoms with van der Waals surface area (Å²) >= 11 is 0. The van der Waals surface area contributed by atoms with Crippen LogP contribution in [-0.2, 0) is 20.8 Å². The molecule has 1 atom stereocenters. The first-order chi connectivity index (χ1) is 13.2. The maximum Gasteiger partial charge on any atom is 0.305 e. The molecule has 4 N–H and O–H groups in total. The van der Waals surface area contributed by atoms with Crippen LogP contribution < -0.4 is 5.32 Å². The Morgan fingerprint density at radius 3 is 2.25 bits per heavy atom. The maximum atomic E-state index is 13.4. The Labute approximate surface area is 160 Å². The highest BCUT2D eigenvalue weighted by Crippen LogP contribution is 2.30. The van der Waals surface area contributed by atoms with Gasteiger partial charge in [-0.25, -0.2) is 4.39 Å². The summed E-state index contributed by atoms with van der Waals surface area (Å²) in [4.78, 5) is 33.4. The highest BCUT2D eigenvalue weighted by Gasteiger charge is 2.17. The first kappa shape index (κ1) is 20.9. The maximum absolute atomic E-state index is 13.4. The molecule has 0 bridgehead atoms. The number of hydrogen-bond acceptors (Lipinski definition) is 4. The van der Waals surface area contributed by atoms with Gasteiger partial charge in [-0.3, -0.25) is 14.4 Å². The lowest BCUT2D eigenvalue weighted by atomic mass is 9.98. The Hall–Kier alpha value is -3.42. The van der Waals surface area contributed by atoms with E-state index < -0.39 is 29.7 Å². The van der Waals surface area contributed by atoms with E-state index >= 15 is 0 Å². The zero-order valence-electron chi connectivity index (χ0n) is 14.9. The Morgan fingerprint density at radius 1 is 0.964 bits per heavy atom. The fourth-order valence-electron chi connectivity index (χ4n) is 2.75. The van der Waals surface area contributed by atoms with Gasteiger partial charge in [-0.05, 0) is 35.7 Å². The Morgan fingerprint density at radius 2 is 1.64 bits per heavy atom. The van der Waals surface area contributed by atoms with Crippen molar-refractivity contribution in [2.75, 3.05) is 0 Å². The number of aromatic hydroxyl groups is 1. The van der Waals surface area contributed by atoms with Gasteiger partial charge in [0, 0.05) is 18.0 Å². The van der Waals surface area contributed by atoms with Crippen LogP contribution in [0.25, 0.3) is 11.1 Å². The van der Waals surface area contributed by atoms with E-state index in [-0.39, 0.29) is 31.4 Å². The smallest absolute Gasteiger partial charge is 0.305 e. The number of phenols is 1. The van der Waals surface area contributed by atoms with Gasteiger partial charge < -0.3 is 20.6 Å². The van der Waals surface area contributed by atoms with E-state index in [9.17, 15) is 23.9 Å². The van der Waals surface area contributed by atoms with E-state index in [0.29, 0.717) is 11.1 Å². The van der Waals surface area contributed by atoms with E-state index in [1.54, 1.807) is 24.3 Å². The van der Waals surface area contributed by atoms with Crippen LogP contribution in [-0.4, -0.2) is 39.2 Å². The third-order valence-corrected chi connectivity index (χ3v) is 4.06. The second-order valence-electron chi connectivity index (χ2n) is 6.32. The molecule has 148 valence electrons. The number of carboxylic acid groups (broad SMARTS) is 2. The number of amides is 1. The lowest BCUT2D eigenvalue weighted by Gasteiger charge is -2.17. The van der Waals surface area contributed by atoms with Crippen molar-refractivity contribution >= 4 is 17.8 Å². The van der Waals surface area contributed by atoms with E-state index in [1.165, 1.54) is 12.1 Å². The lowest BCUT2D eigenvalue weighted by Crippen LogP contribution is -2.38. The second-order valence-corrected chi connectivity index (χ2v) is 6.32. The number of benzene rings is 2. The minimum atomic E-state index is -1.11. The van der Waals surface area contributed by atoms with E-state index in [2.05, 4.69) is 5.32 Å². The summed E-state index contributed by atoms with van der Waals surface area (Å²) in [6.07, 6.45) is -0.660. The van der Waals surface area contributed by atoms with Crippen molar-refractivity contribution < 1.29 is 34.1 Å². The average molecular weight is 389 g/mol. The summed E-state index contributed by atoms with van der Waals surface area (Å²) in [5.41, 5.74) is 1.64. The van der Waals surface area contributed by atoms with Gasteiger partial charge in [-0.15, -0.1) is 0 Å². The minimum absolute atomic E-state index is 0.0661. The fourth-order valence-corrected chi connectivity index (χ4v) is 2.75. The fraction of sp³-hybridized carbons (Fsp3) is 0.250. The number of carbonyl (C=O) groups is 3. The number of rotatable bonds is 9. The van der Waals surface area contributed by atoms with Crippen LogP contribution in [0.3, 0.4) is 0 Å². The molecule has 0 aromatic heterocycles. The number of phenolic OH excluding ortho intramolecular Hbond substituents is 1. The van der Waals surface area contributed by atoms with Crippen molar-refractivity contribution in [3.63, 3.8) is 0 Å². The van der Waals surface area contributed by atoms with Gasteiger partial charge in [0.15, 0.2) is 0 Å². The molecule has 8 heteroatoms. The minimum Gasteiger partial charge on any atom is -0.507 e. The summed E-state index contributed by atoms with van der Waals surface area (Å²) in [7, 11) is 0. The Kier molecular flexibility index (Phi) is 7.08. The van der Waals surface area contributed by atoms with E-state index in [1.807, 2.05) is 0 Å². The van der Waals surface area contributed by atoms with Crippen LogP contribution in [0.2, 0.25) is 0 Å². The molecule has 0 spiro atoms. The van der Waals surface area contributed by atoms with Gasteiger partial charge in [0.2, 0.25) is 5.91 Å². The van der Waals surface area contributed by atoms with Gasteiger partial charge in [-0.1, -0.05) is 24.3 Å². The lowest BCUT2D eigenvalue weighted by molar-refractivity contribution is -0.140. The molecule has 0 aliphatic rings. The normalized spacial score (nSPS) is 11.6. The molecule has 0 radical (unpaired) electrons. The predicted molar refractivity (Wildman–Crippen MR) is 98.3 cm³/mol. The molecule has 0 unspecified atom stereocenters. The topological polar surface area (TPSA) is 124 Å². The largest absolute Gasteiger partial charge is 0.507 e. The van der Waals surface area contributed by atoms with Crippen LogP contribution in [0.1, 0.15) is 24.8 Å². The summed E-state index contributed by atoms with van der Waals surface area (Å²) in [5.74, 6) is -3.29. The molecule has 28 heavy (non-hydrogen) atoms. The molecule has 0 heterocycles. The SMILES string of the molecule is O=C(O)CCC(=O)N[C@@H](CC(=O)O)Cc1ccc(-c2cc(F)ccc2O)cc1. The average Bonchev–Trinajstić information content (AvgIpc) is 2.62. The number of nitrogens with one attached hydrogen (secondary N) is 1. The highest BCUT2D eigenvalue weighted by molar-refractivity contribution is 5.81. The molecule has 0 saturated heterocycles. The van der Waals surface area contributed by atoms with Crippen LogP contribution in [0.15, 0.2) is 42.5 Å². The van der Waals surface area contributed by atoms with E-state index in [0.717, 1.165) is 11.6 Å². The first-order valence-corrected chi connectivity index (χ1v) is 8.55. The van der Waals surface area contributed by atoms with Crippen molar-refractivity contribution in [3.05, 3.63) is 53.8 Å². The van der Waals surface area contributed by atoms with Gasteiger partial charge in [-0.2, -0.15) is 0 Å². The van der Waals surface area contributed by atoms with Gasteiger partial charge in [0.05, 0.1) is 12.8 Å². The molecule has 2 aromatic carbocycles. The molecule has 2 rings (SSSR count). The monoisotopic (exact) mass is 389 g/mol. The molecule has 7 nitrogen and oxygen atoms in total. The quantitative estimate of drug-likeness (QED) is 0.523. The Balaban J connectivity index is 2.09. The number of carboxylic acids is 2. The standard InChI is InChI=1S/C20H20FNO6/c21-14-5-6-17(23)16(10-14)13-3-1-12(2-4-13)9-15(11-20(27)28)22-18(24)7-8-19(25)26/h1-6,10,15,23H,7-9,11H2,(H,22,24)(H,25,26)(H,27,28)/t15-/m1/s1. The highest BCUT2D eigenvalue weighted by atomic mass is 19.1. The molecule has 1 amide bonds. The van der Waals surface area contributed by atoms with Crippen LogP contribution in [0.5, 0.6) is 5.75 Å². The van der Waals surface area contributed by atoms with Gasteiger partial charge in [0.25, 0.3) is 0 Å². The summed E-state index contributed by atoms with van der Waals surface area (Å²) in [6.45, 7) is 0. The van der Waals surface area contributed by atoms with Crippen molar-refractivity contribution in [3.8, 4) is 16.9 Å². The molecule has 0 fully saturated rings. The second kappa shape index (κ2) is 9.50. The Bertz CT molecular complexity index is 865. The van der Waals surface area contributed by atoms with Crippen molar-refractivity contribution in [2.24, 2.45) is 0 Å². The van der Waals surface area contributed by atoms with Crippen molar-refractivity contribution in [2.45, 2.75) is 31.7 Å². The number of halogens is 1. The van der Waals surface area contributed by atoms with Gasteiger partial charge >= 0.3 is 11.9 Å². The third-order valence-electron chi connectivity index (χ3n) is 4.06. The number of hydrogen-bond donors (Lipinski definition) is 4. The molecular formula is C20H20FNO6. The van der Waals surface area contributed by atoms with Crippen molar-refractivity contribution in [1.29, 1.82) is 0 Å². The van der Waals surface area contributed by atoms with E-state index in [4.69, 9.17) is 10.2 Å². The zero-order valence-corrected chi connectivity index (χ0v) is 14.9. The third kappa shape index (κ3) is 6.39. The molecule has 0 aliphatic carbocycles. The summed E-state index contributed by atoms with van der Waals surface area (Å²) in [5, 5.41) is 30.1. The summed E-state index contributed by atoms with van der Waals surface area (Å²) < 4.78 is 13.4. The van der Waals surface area contributed by atoms with Crippen molar-refractivity contribution in [1.82, 2.24) is 5.32 Å². The van der Waals surface area contributed by atoms with Crippen LogP contribution in [0, 0.1) is 5.82 Å². The molecule has 2 aromatic rings. The van der Waals surface area contributed by atoms with Crippen LogP contribution >= 0.6 is 0 Å².